The summed E-state index contributed by atoms with van der Waals surface area (Å²) in [5, 5.41) is 6.00. The van der Waals surface area contributed by atoms with Gasteiger partial charge < -0.3 is 20.8 Å². The molecule has 1 aliphatic rings. The number of hydrogen-bond acceptors (Lipinski definition) is 3. The lowest BCUT2D eigenvalue weighted by molar-refractivity contribution is 0.0948. The van der Waals surface area contributed by atoms with E-state index in [9.17, 15) is 4.79 Å². The van der Waals surface area contributed by atoms with Gasteiger partial charge in [0.05, 0.1) is 19.4 Å². The van der Waals surface area contributed by atoms with Crippen LogP contribution < -0.4 is 16.4 Å². The molecule has 1 fully saturated rings. The molecule has 26 heavy (non-hydrogen) atoms. The predicted molar refractivity (Wildman–Crippen MR) is 112 cm³/mol. The van der Waals surface area contributed by atoms with Crippen LogP contribution in [-0.2, 0) is 13.1 Å². The molecule has 1 aliphatic carbocycles. The summed E-state index contributed by atoms with van der Waals surface area (Å²) in [6.07, 6.45) is 5.45. The van der Waals surface area contributed by atoms with Crippen molar-refractivity contribution >= 4 is 35.8 Å². The minimum absolute atomic E-state index is 0. The third kappa shape index (κ3) is 6.05. The third-order valence-corrected chi connectivity index (χ3v) is 4.42. The molecule has 0 atom stereocenters. The van der Waals surface area contributed by atoms with Gasteiger partial charge in [-0.1, -0.05) is 18.6 Å². The molecule has 7 heteroatoms. The number of furan rings is 1. The van der Waals surface area contributed by atoms with Crippen molar-refractivity contribution in [1.29, 1.82) is 0 Å². The average molecular weight is 468 g/mol. The molecule has 0 spiro atoms. The fraction of sp³-hybridized carbons (Fsp3) is 0.368. The second-order valence-electron chi connectivity index (χ2n) is 6.34. The minimum Gasteiger partial charge on any atom is -0.467 e. The molecule has 140 valence electrons. The number of nitrogens with two attached hydrogens (primary N) is 1. The molecule has 4 N–H and O–H groups in total. The first kappa shape index (κ1) is 20.3. The highest BCUT2D eigenvalue weighted by atomic mass is 127. The SMILES string of the molecule is I.NC(=NCc1cccc(C(=O)NCc2ccco2)c1)NCC1CCC1. The average Bonchev–Trinajstić information content (AvgIpc) is 3.10. The van der Waals surface area contributed by atoms with Crippen molar-refractivity contribution in [3.8, 4) is 0 Å². The van der Waals surface area contributed by atoms with Crippen LogP contribution in [0.3, 0.4) is 0 Å². The highest BCUT2D eigenvalue weighted by Gasteiger charge is 2.16. The van der Waals surface area contributed by atoms with Gasteiger partial charge in [0, 0.05) is 12.1 Å². The Morgan fingerprint density at radius 2 is 2.08 bits per heavy atom. The Labute approximate surface area is 170 Å². The highest BCUT2D eigenvalue weighted by molar-refractivity contribution is 14.0. The van der Waals surface area contributed by atoms with Gasteiger partial charge in [0.15, 0.2) is 5.96 Å². The van der Waals surface area contributed by atoms with E-state index in [1.54, 1.807) is 18.4 Å². The number of hydrogen-bond donors (Lipinski definition) is 3. The second-order valence-corrected chi connectivity index (χ2v) is 6.34. The Hall–Kier alpha value is -2.03. The van der Waals surface area contributed by atoms with Gasteiger partial charge in [-0.15, -0.1) is 24.0 Å². The fourth-order valence-electron chi connectivity index (χ4n) is 2.67. The van der Waals surface area contributed by atoms with Crippen LogP contribution in [0.15, 0.2) is 52.1 Å². The van der Waals surface area contributed by atoms with Crippen LogP contribution in [0.25, 0.3) is 0 Å². The molecule has 0 bridgehead atoms. The maximum Gasteiger partial charge on any atom is 0.251 e. The van der Waals surface area contributed by atoms with E-state index >= 15 is 0 Å². The number of amides is 1. The van der Waals surface area contributed by atoms with Crippen molar-refractivity contribution < 1.29 is 9.21 Å². The van der Waals surface area contributed by atoms with Crippen molar-refractivity contribution in [2.45, 2.75) is 32.4 Å². The van der Waals surface area contributed by atoms with E-state index in [0.717, 1.165) is 23.8 Å². The molecule has 1 heterocycles. The number of nitrogens with zero attached hydrogens (tertiary/aromatic N) is 1. The van der Waals surface area contributed by atoms with Crippen LogP contribution in [0.5, 0.6) is 0 Å². The zero-order valence-electron chi connectivity index (χ0n) is 14.6. The quantitative estimate of drug-likeness (QED) is 0.331. The van der Waals surface area contributed by atoms with E-state index in [2.05, 4.69) is 15.6 Å². The van der Waals surface area contributed by atoms with Crippen LogP contribution >= 0.6 is 24.0 Å². The lowest BCUT2D eigenvalue weighted by Crippen LogP contribution is -2.37. The summed E-state index contributed by atoms with van der Waals surface area (Å²) in [7, 11) is 0. The van der Waals surface area contributed by atoms with E-state index in [1.165, 1.54) is 19.3 Å². The Bertz CT molecular complexity index is 727. The monoisotopic (exact) mass is 468 g/mol. The number of nitrogens with one attached hydrogen (secondary N) is 2. The van der Waals surface area contributed by atoms with Crippen molar-refractivity contribution in [3.05, 3.63) is 59.5 Å². The summed E-state index contributed by atoms with van der Waals surface area (Å²) < 4.78 is 5.21. The molecular formula is C19H25IN4O2. The maximum absolute atomic E-state index is 12.2. The number of carbonyl (C=O) groups excluding carboxylic acids is 1. The van der Waals surface area contributed by atoms with Crippen LogP contribution in [0.4, 0.5) is 0 Å². The van der Waals surface area contributed by atoms with E-state index < -0.39 is 0 Å². The first-order valence-corrected chi connectivity index (χ1v) is 8.64. The number of carbonyl (C=O) groups is 1. The van der Waals surface area contributed by atoms with E-state index in [1.807, 2.05) is 24.3 Å². The van der Waals surface area contributed by atoms with Crippen LogP contribution in [0.2, 0.25) is 0 Å². The Morgan fingerprint density at radius 1 is 1.23 bits per heavy atom. The van der Waals surface area contributed by atoms with Gasteiger partial charge in [-0.3, -0.25) is 4.79 Å². The number of aliphatic imine (C=N–C) groups is 1. The molecule has 0 radical (unpaired) electrons. The number of benzene rings is 1. The molecular weight excluding hydrogens is 443 g/mol. The number of rotatable bonds is 7. The first-order valence-electron chi connectivity index (χ1n) is 8.64. The van der Waals surface area contributed by atoms with Gasteiger partial charge in [0.1, 0.15) is 5.76 Å². The van der Waals surface area contributed by atoms with Gasteiger partial charge in [-0.2, -0.15) is 0 Å². The largest absolute Gasteiger partial charge is 0.467 e. The van der Waals surface area contributed by atoms with Crippen LogP contribution in [-0.4, -0.2) is 18.4 Å². The summed E-state index contributed by atoms with van der Waals surface area (Å²) in [5.74, 6) is 1.77. The van der Waals surface area contributed by atoms with Crippen molar-refractivity contribution in [1.82, 2.24) is 10.6 Å². The zero-order chi connectivity index (χ0) is 17.5. The Balaban J connectivity index is 0.00000243. The molecule has 1 aromatic carbocycles. The van der Waals surface area contributed by atoms with Crippen LogP contribution in [0.1, 0.15) is 40.9 Å². The second kappa shape index (κ2) is 10.2. The highest BCUT2D eigenvalue weighted by Crippen LogP contribution is 2.24. The molecule has 0 aliphatic heterocycles. The summed E-state index contributed by atoms with van der Waals surface area (Å²) in [6.45, 7) is 1.71. The predicted octanol–water partition coefficient (Wildman–Crippen LogP) is 3.03. The fourth-order valence-corrected chi connectivity index (χ4v) is 2.67. The van der Waals surface area contributed by atoms with E-state index in [4.69, 9.17) is 10.2 Å². The zero-order valence-corrected chi connectivity index (χ0v) is 16.9. The lowest BCUT2D eigenvalue weighted by Gasteiger charge is -2.25. The number of halogens is 1. The summed E-state index contributed by atoms with van der Waals surface area (Å²) in [4.78, 5) is 16.6. The van der Waals surface area contributed by atoms with Gasteiger partial charge >= 0.3 is 0 Å². The molecule has 3 rings (SSSR count). The molecule has 6 nitrogen and oxygen atoms in total. The Morgan fingerprint density at radius 3 is 2.77 bits per heavy atom. The lowest BCUT2D eigenvalue weighted by atomic mass is 9.85. The molecule has 1 amide bonds. The van der Waals surface area contributed by atoms with Gasteiger partial charge in [-0.25, -0.2) is 4.99 Å². The molecule has 1 aromatic heterocycles. The summed E-state index contributed by atoms with van der Waals surface area (Å²) in [6, 6.07) is 11.0. The molecule has 2 aromatic rings. The molecule has 0 saturated heterocycles. The minimum atomic E-state index is -0.140. The first-order chi connectivity index (χ1) is 12.2. The van der Waals surface area contributed by atoms with Gasteiger partial charge in [-0.05, 0) is 48.6 Å². The maximum atomic E-state index is 12.2. The topological polar surface area (TPSA) is 92.6 Å². The van der Waals surface area contributed by atoms with Crippen LogP contribution in [0, 0.1) is 5.92 Å². The van der Waals surface area contributed by atoms with Crippen molar-refractivity contribution in [2.75, 3.05) is 6.54 Å². The van der Waals surface area contributed by atoms with E-state index in [-0.39, 0.29) is 29.9 Å². The molecule has 0 unspecified atom stereocenters. The van der Waals surface area contributed by atoms with E-state index in [0.29, 0.717) is 24.6 Å². The third-order valence-electron chi connectivity index (χ3n) is 4.42. The van der Waals surface area contributed by atoms with Crippen molar-refractivity contribution in [2.24, 2.45) is 16.6 Å². The number of guanidine groups is 1. The summed E-state index contributed by atoms with van der Waals surface area (Å²) >= 11 is 0. The Kier molecular flexibility index (Phi) is 7.96. The van der Waals surface area contributed by atoms with Gasteiger partial charge in [0.25, 0.3) is 5.91 Å². The molecule has 1 saturated carbocycles. The standard InChI is InChI=1S/C19H24N4O2.HI/c20-19(22-11-14-4-1-5-14)23-12-15-6-2-7-16(10-15)18(24)21-13-17-8-3-9-25-17;/h2-3,6-10,14H,1,4-5,11-13H2,(H,21,24)(H3,20,22,23);1H. The normalized spacial score (nSPS) is 14.2. The van der Waals surface area contributed by atoms with Gasteiger partial charge in [0.2, 0.25) is 0 Å². The summed E-state index contributed by atoms with van der Waals surface area (Å²) in [5.41, 5.74) is 7.44. The smallest absolute Gasteiger partial charge is 0.251 e. The van der Waals surface area contributed by atoms with Crippen molar-refractivity contribution in [3.63, 3.8) is 0 Å².